The molecule has 0 spiro atoms. The molecule has 1 aromatic rings. The SMILES string of the molecule is CCCN1CCCC(Nc2c(Cl)cc(Br)cc2Cl)CC1. The van der Waals surface area contributed by atoms with E-state index in [-0.39, 0.29) is 0 Å². The summed E-state index contributed by atoms with van der Waals surface area (Å²) in [6.45, 7) is 5.79. The molecule has 1 atom stereocenters. The van der Waals surface area contributed by atoms with Gasteiger partial charge in [-0.15, -0.1) is 0 Å². The summed E-state index contributed by atoms with van der Waals surface area (Å²) in [5, 5.41) is 4.90. The van der Waals surface area contributed by atoms with Crippen molar-refractivity contribution in [3.05, 3.63) is 26.7 Å². The average Bonchev–Trinajstić information content (AvgIpc) is 2.60. The Kier molecular flexibility index (Phi) is 6.47. The number of likely N-dealkylation sites (tertiary alicyclic amines) is 1. The molecule has 0 aliphatic carbocycles. The minimum atomic E-state index is 0.452. The number of benzene rings is 1. The number of hydrogen-bond acceptors (Lipinski definition) is 2. The molecule has 0 saturated carbocycles. The number of rotatable bonds is 4. The lowest BCUT2D eigenvalue weighted by atomic mass is 10.1. The van der Waals surface area contributed by atoms with Crippen molar-refractivity contribution in [2.45, 2.75) is 38.6 Å². The van der Waals surface area contributed by atoms with Crippen molar-refractivity contribution < 1.29 is 0 Å². The van der Waals surface area contributed by atoms with E-state index in [1.54, 1.807) is 0 Å². The molecular formula is C15H21BrCl2N2. The van der Waals surface area contributed by atoms with Crippen LogP contribution >= 0.6 is 39.1 Å². The van der Waals surface area contributed by atoms with Crippen molar-refractivity contribution in [1.29, 1.82) is 0 Å². The molecule has 1 fully saturated rings. The first-order valence-electron chi connectivity index (χ1n) is 7.23. The van der Waals surface area contributed by atoms with Crippen LogP contribution in [0.5, 0.6) is 0 Å². The van der Waals surface area contributed by atoms with Gasteiger partial charge in [-0.05, 0) is 50.9 Å². The van der Waals surface area contributed by atoms with Crippen LogP contribution in [-0.4, -0.2) is 30.6 Å². The first-order chi connectivity index (χ1) is 9.60. The highest BCUT2D eigenvalue weighted by Gasteiger charge is 2.18. The third-order valence-electron chi connectivity index (χ3n) is 3.72. The highest BCUT2D eigenvalue weighted by Crippen LogP contribution is 2.35. The Morgan fingerprint density at radius 1 is 1.25 bits per heavy atom. The molecule has 5 heteroatoms. The fraction of sp³-hybridized carbons (Fsp3) is 0.600. The van der Waals surface area contributed by atoms with Gasteiger partial charge in [0.1, 0.15) is 0 Å². The van der Waals surface area contributed by atoms with Gasteiger partial charge in [-0.25, -0.2) is 0 Å². The van der Waals surface area contributed by atoms with Crippen LogP contribution < -0.4 is 5.32 Å². The quantitative estimate of drug-likeness (QED) is 0.749. The normalized spacial score (nSPS) is 20.7. The third-order valence-corrected chi connectivity index (χ3v) is 4.77. The van der Waals surface area contributed by atoms with Gasteiger partial charge in [0.05, 0.1) is 15.7 Å². The van der Waals surface area contributed by atoms with E-state index in [2.05, 4.69) is 33.1 Å². The maximum atomic E-state index is 6.29. The topological polar surface area (TPSA) is 15.3 Å². The van der Waals surface area contributed by atoms with Gasteiger partial charge in [-0.3, -0.25) is 0 Å². The summed E-state index contributed by atoms with van der Waals surface area (Å²) in [6.07, 6.45) is 4.76. The second-order valence-electron chi connectivity index (χ2n) is 5.36. The minimum absolute atomic E-state index is 0.452. The van der Waals surface area contributed by atoms with Crippen molar-refractivity contribution in [3.8, 4) is 0 Å². The summed E-state index contributed by atoms with van der Waals surface area (Å²) in [7, 11) is 0. The standard InChI is InChI=1S/C15H21BrCl2N2/c1-2-6-20-7-3-4-12(5-8-20)19-15-13(17)9-11(16)10-14(15)18/h9-10,12,19H,2-8H2,1H3. The monoisotopic (exact) mass is 378 g/mol. The Labute approximate surface area is 139 Å². The predicted molar refractivity (Wildman–Crippen MR) is 92.2 cm³/mol. The summed E-state index contributed by atoms with van der Waals surface area (Å²) in [6, 6.07) is 4.22. The van der Waals surface area contributed by atoms with E-state index in [4.69, 9.17) is 23.2 Å². The van der Waals surface area contributed by atoms with Crippen LogP contribution in [0.3, 0.4) is 0 Å². The van der Waals surface area contributed by atoms with E-state index in [1.165, 1.54) is 32.4 Å². The molecule has 1 saturated heterocycles. The van der Waals surface area contributed by atoms with Gasteiger partial charge in [0.2, 0.25) is 0 Å². The zero-order valence-corrected chi connectivity index (χ0v) is 14.9. The molecule has 1 N–H and O–H groups in total. The number of halogens is 3. The van der Waals surface area contributed by atoms with Crippen molar-refractivity contribution in [3.63, 3.8) is 0 Å². The van der Waals surface area contributed by atoms with Crippen LogP contribution in [0, 0.1) is 0 Å². The highest BCUT2D eigenvalue weighted by molar-refractivity contribution is 9.10. The maximum Gasteiger partial charge on any atom is 0.0721 e. The lowest BCUT2D eigenvalue weighted by Gasteiger charge is -2.21. The lowest BCUT2D eigenvalue weighted by molar-refractivity contribution is 0.285. The molecule has 1 aliphatic rings. The number of anilines is 1. The van der Waals surface area contributed by atoms with Crippen molar-refractivity contribution in [1.82, 2.24) is 4.90 Å². The van der Waals surface area contributed by atoms with Crippen LogP contribution in [0.15, 0.2) is 16.6 Å². The molecule has 1 aliphatic heterocycles. The Morgan fingerprint density at radius 3 is 2.60 bits per heavy atom. The van der Waals surface area contributed by atoms with Crippen LogP contribution in [0.4, 0.5) is 5.69 Å². The molecule has 2 nitrogen and oxygen atoms in total. The average molecular weight is 380 g/mol. The first kappa shape index (κ1) is 16.4. The van der Waals surface area contributed by atoms with E-state index in [0.29, 0.717) is 16.1 Å². The van der Waals surface area contributed by atoms with Crippen LogP contribution in [0.2, 0.25) is 10.0 Å². The zero-order chi connectivity index (χ0) is 14.5. The van der Waals surface area contributed by atoms with Gasteiger partial charge in [0.15, 0.2) is 0 Å². The van der Waals surface area contributed by atoms with Crippen molar-refractivity contribution in [2.75, 3.05) is 25.0 Å². The largest absolute Gasteiger partial charge is 0.380 e. The van der Waals surface area contributed by atoms with E-state index < -0.39 is 0 Å². The number of nitrogens with one attached hydrogen (secondary N) is 1. The number of hydrogen-bond donors (Lipinski definition) is 1. The summed E-state index contributed by atoms with van der Waals surface area (Å²) in [4.78, 5) is 2.55. The second-order valence-corrected chi connectivity index (χ2v) is 7.09. The van der Waals surface area contributed by atoms with Crippen molar-refractivity contribution in [2.24, 2.45) is 0 Å². The molecule has 1 heterocycles. The van der Waals surface area contributed by atoms with Crippen molar-refractivity contribution >= 4 is 44.8 Å². The molecule has 1 unspecified atom stereocenters. The number of nitrogens with zero attached hydrogens (tertiary/aromatic N) is 1. The highest BCUT2D eigenvalue weighted by atomic mass is 79.9. The summed E-state index contributed by atoms with van der Waals surface area (Å²) in [5.41, 5.74) is 0.866. The summed E-state index contributed by atoms with van der Waals surface area (Å²) >= 11 is 16.0. The van der Waals surface area contributed by atoms with Gasteiger partial charge < -0.3 is 10.2 Å². The molecule has 0 aromatic heterocycles. The Hall–Kier alpha value is 0.0400. The molecule has 0 bridgehead atoms. The van der Waals surface area contributed by atoms with E-state index in [9.17, 15) is 0 Å². The summed E-state index contributed by atoms with van der Waals surface area (Å²) in [5.74, 6) is 0. The Bertz CT molecular complexity index is 430. The smallest absolute Gasteiger partial charge is 0.0721 e. The molecule has 112 valence electrons. The molecule has 2 rings (SSSR count). The summed E-state index contributed by atoms with van der Waals surface area (Å²) < 4.78 is 0.910. The Balaban J connectivity index is 2.00. The third kappa shape index (κ3) is 4.52. The molecule has 20 heavy (non-hydrogen) atoms. The zero-order valence-electron chi connectivity index (χ0n) is 11.8. The van der Waals surface area contributed by atoms with Gasteiger partial charge in [0, 0.05) is 17.1 Å². The van der Waals surface area contributed by atoms with Gasteiger partial charge in [-0.1, -0.05) is 46.1 Å². The van der Waals surface area contributed by atoms with E-state index in [0.717, 1.165) is 23.1 Å². The van der Waals surface area contributed by atoms with Crippen LogP contribution in [-0.2, 0) is 0 Å². The van der Waals surface area contributed by atoms with Gasteiger partial charge in [-0.2, -0.15) is 0 Å². The fourth-order valence-electron chi connectivity index (χ4n) is 2.72. The van der Waals surface area contributed by atoms with E-state index in [1.807, 2.05) is 12.1 Å². The second kappa shape index (κ2) is 7.88. The molecular weight excluding hydrogens is 359 g/mol. The van der Waals surface area contributed by atoms with Crippen LogP contribution in [0.1, 0.15) is 32.6 Å². The Morgan fingerprint density at radius 2 is 1.95 bits per heavy atom. The predicted octanol–water partition coefficient (Wildman–Crippen LogP) is 5.43. The lowest BCUT2D eigenvalue weighted by Crippen LogP contribution is -2.27. The fourth-order valence-corrected chi connectivity index (χ4v) is 4.04. The van der Waals surface area contributed by atoms with Crippen LogP contribution in [0.25, 0.3) is 0 Å². The molecule has 0 amide bonds. The molecule has 0 radical (unpaired) electrons. The van der Waals surface area contributed by atoms with Gasteiger partial charge >= 0.3 is 0 Å². The van der Waals surface area contributed by atoms with Gasteiger partial charge in [0.25, 0.3) is 0 Å². The molecule has 1 aromatic carbocycles. The van der Waals surface area contributed by atoms with E-state index >= 15 is 0 Å². The maximum absolute atomic E-state index is 6.29. The minimum Gasteiger partial charge on any atom is -0.380 e. The first-order valence-corrected chi connectivity index (χ1v) is 8.78.